The highest BCUT2D eigenvalue weighted by molar-refractivity contribution is 7.93. The van der Waals surface area contributed by atoms with Gasteiger partial charge >= 0.3 is 0 Å². The summed E-state index contributed by atoms with van der Waals surface area (Å²) in [5.74, 6) is 0. The van der Waals surface area contributed by atoms with Crippen molar-refractivity contribution in [1.29, 1.82) is 0 Å². The van der Waals surface area contributed by atoms with Crippen LogP contribution in [-0.4, -0.2) is 29.6 Å². The third-order valence-electron chi connectivity index (χ3n) is 3.48. The van der Waals surface area contributed by atoms with E-state index < -0.39 is 15.4 Å². The molecule has 0 aromatic heterocycles. The third-order valence-corrected chi connectivity index (χ3v) is 6.14. The lowest BCUT2D eigenvalue weighted by Gasteiger charge is -2.35. The Morgan fingerprint density at radius 1 is 1.36 bits per heavy atom. The molecule has 3 nitrogen and oxygen atoms in total. The van der Waals surface area contributed by atoms with Gasteiger partial charge in [-0.3, -0.25) is 0 Å². The summed E-state index contributed by atoms with van der Waals surface area (Å²) in [7, 11) is -2.91. The van der Waals surface area contributed by atoms with E-state index >= 15 is 0 Å². The molecule has 4 heteroatoms. The Bertz CT molecular complexity index is 324. The van der Waals surface area contributed by atoms with Crippen molar-refractivity contribution in [2.24, 2.45) is 0 Å². The Labute approximate surface area is 84.7 Å². The fraction of sp³-hybridized carbons (Fsp3) is 0.800. The largest absolute Gasteiger partial charge is 0.389 e. The first-order valence-electron chi connectivity index (χ1n) is 5.04. The molecule has 2 heterocycles. The molecular weight excluding hydrogens is 200 g/mol. The summed E-state index contributed by atoms with van der Waals surface area (Å²) in [4.78, 5) is 0. The first kappa shape index (κ1) is 10.2. The van der Waals surface area contributed by atoms with Crippen molar-refractivity contribution in [3.63, 3.8) is 0 Å². The molecule has 0 aromatic rings. The fourth-order valence-corrected chi connectivity index (χ4v) is 5.33. The molecule has 14 heavy (non-hydrogen) atoms. The van der Waals surface area contributed by atoms with Crippen LogP contribution < -0.4 is 0 Å². The van der Waals surface area contributed by atoms with E-state index in [4.69, 9.17) is 0 Å². The van der Waals surface area contributed by atoms with Crippen molar-refractivity contribution < 1.29 is 13.5 Å². The highest BCUT2D eigenvalue weighted by Gasteiger charge is 2.51. The molecule has 0 saturated carbocycles. The molecule has 0 spiro atoms. The Hall–Kier alpha value is -0.350. The zero-order valence-electron chi connectivity index (χ0n) is 8.15. The minimum Gasteiger partial charge on any atom is -0.389 e. The Kier molecular flexibility index (Phi) is 2.23. The summed E-state index contributed by atoms with van der Waals surface area (Å²) < 4.78 is 23.5. The molecule has 2 atom stereocenters. The predicted octanol–water partition coefficient (Wildman–Crippen LogP) is 1.03. The van der Waals surface area contributed by atoms with Crippen molar-refractivity contribution >= 4 is 9.84 Å². The van der Waals surface area contributed by atoms with Crippen LogP contribution in [0.4, 0.5) is 0 Å². The van der Waals surface area contributed by atoms with E-state index in [1.54, 1.807) is 6.08 Å². The number of hydrogen-bond donors (Lipinski definition) is 1. The van der Waals surface area contributed by atoms with Gasteiger partial charge in [0.05, 0.1) is 16.1 Å². The lowest BCUT2D eigenvalue weighted by molar-refractivity contribution is 0.0246. The summed E-state index contributed by atoms with van der Waals surface area (Å²) in [5.41, 5.74) is -0.807. The topological polar surface area (TPSA) is 54.4 Å². The van der Waals surface area contributed by atoms with Crippen molar-refractivity contribution in [3.05, 3.63) is 12.7 Å². The molecule has 2 aliphatic heterocycles. The molecular formula is C10H16O3S. The van der Waals surface area contributed by atoms with E-state index in [1.807, 2.05) is 0 Å². The summed E-state index contributed by atoms with van der Waals surface area (Å²) in [5, 5.41) is 9.55. The quantitative estimate of drug-likeness (QED) is 0.701. The summed E-state index contributed by atoms with van der Waals surface area (Å²) >= 11 is 0. The molecule has 2 rings (SSSR count). The van der Waals surface area contributed by atoms with Crippen LogP contribution in [0.1, 0.15) is 32.1 Å². The van der Waals surface area contributed by atoms with E-state index in [2.05, 4.69) is 6.58 Å². The van der Waals surface area contributed by atoms with E-state index in [0.717, 1.165) is 12.8 Å². The van der Waals surface area contributed by atoms with Gasteiger partial charge in [-0.05, 0) is 32.1 Å². The monoisotopic (exact) mass is 216 g/mol. The van der Waals surface area contributed by atoms with Gasteiger partial charge in [0.15, 0.2) is 9.84 Å². The summed E-state index contributed by atoms with van der Waals surface area (Å²) in [6.45, 7) is 3.60. The zero-order valence-corrected chi connectivity index (χ0v) is 8.96. The van der Waals surface area contributed by atoms with E-state index in [-0.39, 0.29) is 10.5 Å². The first-order valence-corrected chi connectivity index (χ1v) is 6.65. The van der Waals surface area contributed by atoms with Crippen LogP contribution in [0.25, 0.3) is 0 Å². The molecule has 2 fully saturated rings. The van der Waals surface area contributed by atoms with Crippen LogP contribution in [0.15, 0.2) is 12.7 Å². The number of hydrogen-bond acceptors (Lipinski definition) is 3. The average Bonchev–Trinajstić information content (AvgIpc) is 2.31. The smallest absolute Gasteiger partial charge is 0.156 e. The highest BCUT2D eigenvalue weighted by Crippen LogP contribution is 2.44. The van der Waals surface area contributed by atoms with Crippen molar-refractivity contribution in [3.8, 4) is 0 Å². The van der Waals surface area contributed by atoms with Crippen LogP contribution in [0, 0.1) is 0 Å². The van der Waals surface area contributed by atoms with E-state index in [1.165, 1.54) is 0 Å². The lowest BCUT2D eigenvalue weighted by Crippen LogP contribution is -2.44. The van der Waals surface area contributed by atoms with Gasteiger partial charge in [0.2, 0.25) is 0 Å². The average molecular weight is 216 g/mol. The van der Waals surface area contributed by atoms with Crippen molar-refractivity contribution in [2.45, 2.75) is 48.2 Å². The van der Waals surface area contributed by atoms with Gasteiger partial charge < -0.3 is 5.11 Å². The normalized spacial score (nSPS) is 44.9. The highest BCUT2D eigenvalue weighted by atomic mass is 32.2. The minimum atomic E-state index is -2.91. The van der Waals surface area contributed by atoms with Crippen molar-refractivity contribution in [1.82, 2.24) is 0 Å². The van der Waals surface area contributed by atoms with Crippen molar-refractivity contribution in [2.75, 3.05) is 0 Å². The number of sulfone groups is 1. The summed E-state index contributed by atoms with van der Waals surface area (Å²) in [6.07, 6.45) is 4.45. The fourth-order valence-electron chi connectivity index (χ4n) is 2.78. The maximum atomic E-state index is 11.7. The predicted molar refractivity (Wildman–Crippen MR) is 54.7 cm³/mol. The molecule has 0 radical (unpaired) electrons. The lowest BCUT2D eigenvalue weighted by atomic mass is 9.90. The van der Waals surface area contributed by atoms with E-state index in [9.17, 15) is 13.5 Å². The number of aliphatic hydroxyl groups is 1. The molecule has 2 saturated heterocycles. The van der Waals surface area contributed by atoms with Gasteiger partial charge in [0, 0.05) is 0 Å². The SMILES string of the molecule is C=CCC1(O)CC2CCC(C1)S2(=O)=O. The Balaban J connectivity index is 2.25. The van der Waals surface area contributed by atoms with Crippen LogP contribution in [0.5, 0.6) is 0 Å². The molecule has 2 bridgehead atoms. The number of rotatable bonds is 2. The van der Waals surface area contributed by atoms with Crippen LogP contribution in [0.3, 0.4) is 0 Å². The maximum absolute atomic E-state index is 11.7. The number of fused-ring (bicyclic) bond motifs is 2. The molecule has 80 valence electrons. The Morgan fingerprint density at radius 3 is 2.29 bits per heavy atom. The molecule has 1 N–H and O–H groups in total. The molecule has 0 amide bonds. The van der Waals surface area contributed by atoms with Crippen LogP contribution >= 0.6 is 0 Å². The second kappa shape index (κ2) is 3.07. The zero-order chi connectivity index (χ0) is 10.4. The maximum Gasteiger partial charge on any atom is 0.156 e. The third kappa shape index (κ3) is 1.41. The second-order valence-corrected chi connectivity index (χ2v) is 7.05. The molecule has 2 unspecified atom stereocenters. The summed E-state index contributed by atoms with van der Waals surface area (Å²) in [6, 6.07) is 0. The second-order valence-electron chi connectivity index (χ2n) is 4.54. The molecule has 0 aliphatic carbocycles. The van der Waals surface area contributed by atoms with Gasteiger partial charge in [-0.2, -0.15) is 0 Å². The van der Waals surface area contributed by atoms with Gasteiger partial charge in [-0.1, -0.05) is 6.08 Å². The van der Waals surface area contributed by atoms with Gasteiger partial charge in [0.1, 0.15) is 0 Å². The van der Waals surface area contributed by atoms with Gasteiger partial charge in [0.25, 0.3) is 0 Å². The van der Waals surface area contributed by atoms with E-state index in [0.29, 0.717) is 19.3 Å². The molecule has 0 aromatic carbocycles. The standard InChI is InChI=1S/C10H16O3S/c1-2-5-10(11)6-8-3-4-9(7-10)14(8,12)13/h2,8-9,11H,1,3-7H2. The molecule has 2 aliphatic rings. The van der Waals surface area contributed by atoms with Crippen LogP contribution in [-0.2, 0) is 9.84 Å². The Morgan fingerprint density at radius 2 is 1.86 bits per heavy atom. The first-order chi connectivity index (χ1) is 6.48. The minimum absolute atomic E-state index is 0.300. The van der Waals surface area contributed by atoms with Crippen LogP contribution in [0.2, 0.25) is 0 Å². The van der Waals surface area contributed by atoms with Gasteiger partial charge in [-0.15, -0.1) is 6.58 Å². The van der Waals surface area contributed by atoms with Gasteiger partial charge in [-0.25, -0.2) is 8.42 Å².